The van der Waals surface area contributed by atoms with Gasteiger partial charge in [0.1, 0.15) is 17.5 Å². The normalized spacial score (nSPS) is 17.3. The molecule has 5 nitrogen and oxygen atoms in total. The summed E-state index contributed by atoms with van der Waals surface area (Å²) in [7, 11) is -0.702. The lowest BCUT2D eigenvalue weighted by Gasteiger charge is -2.32. The third kappa shape index (κ3) is 4.66. The van der Waals surface area contributed by atoms with Crippen LogP contribution in [0.3, 0.4) is 0 Å². The van der Waals surface area contributed by atoms with Gasteiger partial charge in [-0.3, -0.25) is 0 Å². The summed E-state index contributed by atoms with van der Waals surface area (Å²) >= 11 is 0. The van der Waals surface area contributed by atoms with Crippen LogP contribution in [0.15, 0.2) is 36.4 Å². The van der Waals surface area contributed by atoms with E-state index in [0.717, 1.165) is 0 Å². The Morgan fingerprint density at radius 1 is 1.06 bits per heavy atom. The number of benzene rings is 2. The Bertz CT molecular complexity index is 1050. The molecule has 0 unspecified atom stereocenters. The summed E-state index contributed by atoms with van der Waals surface area (Å²) in [4.78, 5) is 12.6. The summed E-state index contributed by atoms with van der Waals surface area (Å²) in [5, 5.41) is 9.06. The first kappa shape index (κ1) is 23.0. The van der Waals surface area contributed by atoms with Crippen molar-refractivity contribution in [1.82, 2.24) is 0 Å². The lowest BCUT2D eigenvalue weighted by Crippen LogP contribution is -2.41. The van der Waals surface area contributed by atoms with E-state index >= 15 is 0 Å². The maximum atomic E-state index is 14.4. The largest absolute Gasteiger partial charge is 0.495 e. The zero-order valence-electron chi connectivity index (χ0n) is 19.0. The SMILES string of the molecule is CC(C)(C)OC(=O)c1ccc(B2OC(C)(C)C(C)(C)O2)c(-c2ccc(C#N)c(F)c2)c1. The van der Waals surface area contributed by atoms with Crippen molar-refractivity contribution in [2.24, 2.45) is 0 Å². The van der Waals surface area contributed by atoms with Gasteiger partial charge < -0.3 is 14.0 Å². The van der Waals surface area contributed by atoms with Crippen molar-refractivity contribution >= 4 is 18.6 Å². The molecule has 2 aromatic rings. The van der Waals surface area contributed by atoms with Crippen molar-refractivity contribution in [2.75, 3.05) is 0 Å². The number of halogens is 1. The summed E-state index contributed by atoms with van der Waals surface area (Å²) in [6.45, 7) is 13.2. The number of carbonyl (C=O) groups is 1. The molecule has 3 rings (SSSR count). The average Bonchev–Trinajstić information content (AvgIpc) is 2.87. The molecule has 0 N–H and O–H groups in total. The van der Waals surface area contributed by atoms with Gasteiger partial charge in [0.05, 0.1) is 22.3 Å². The van der Waals surface area contributed by atoms with Gasteiger partial charge in [0, 0.05) is 0 Å². The van der Waals surface area contributed by atoms with Crippen LogP contribution in [-0.2, 0) is 14.0 Å². The number of carbonyl (C=O) groups excluding carboxylic acids is 1. The summed E-state index contributed by atoms with van der Waals surface area (Å²) in [6, 6.07) is 11.2. The van der Waals surface area contributed by atoms with Gasteiger partial charge in [-0.1, -0.05) is 12.1 Å². The van der Waals surface area contributed by atoms with Crippen LogP contribution in [-0.4, -0.2) is 29.9 Å². The molecule has 0 radical (unpaired) electrons. The van der Waals surface area contributed by atoms with E-state index in [9.17, 15) is 9.18 Å². The summed E-state index contributed by atoms with van der Waals surface area (Å²) in [5.74, 6) is -1.12. The molecule has 0 saturated carbocycles. The summed E-state index contributed by atoms with van der Waals surface area (Å²) < 4.78 is 32.3. The minimum Gasteiger partial charge on any atom is -0.456 e. The monoisotopic (exact) mass is 423 g/mol. The van der Waals surface area contributed by atoms with Gasteiger partial charge >= 0.3 is 13.1 Å². The fourth-order valence-corrected chi connectivity index (χ4v) is 3.22. The first-order valence-electron chi connectivity index (χ1n) is 10.2. The molecule has 7 heteroatoms. The first-order valence-corrected chi connectivity index (χ1v) is 10.2. The predicted molar refractivity (Wildman–Crippen MR) is 117 cm³/mol. The fraction of sp³-hybridized carbons (Fsp3) is 0.417. The standard InChI is InChI=1S/C24H27BFNO4/c1-22(2,3)29-21(28)16-10-11-19(25-30-23(4,5)24(6,7)31-25)18(12-16)15-8-9-17(14-27)20(26)13-15/h8-13H,1-7H3. The highest BCUT2D eigenvalue weighted by molar-refractivity contribution is 6.64. The van der Waals surface area contributed by atoms with Crippen LogP contribution < -0.4 is 5.46 Å². The molecule has 0 amide bonds. The highest BCUT2D eigenvalue weighted by Gasteiger charge is 2.52. The minimum atomic E-state index is -0.702. The van der Waals surface area contributed by atoms with Gasteiger partial charge in [0.25, 0.3) is 0 Å². The highest BCUT2D eigenvalue weighted by Crippen LogP contribution is 2.37. The van der Waals surface area contributed by atoms with E-state index < -0.39 is 35.7 Å². The molecular formula is C24H27BFNO4. The molecule has 162 valence electrons. The van der Waals surface area contributed by atoms with Crippen molar-refractivity contribution in [3.63, 3.8) is 0 Å². The van der Waals surface area contributed by atoms with Gasteiger partial charge in [-0.2, -0.15) is 5.26 Å². The molecule has 1 heterocycles. The number of hydrogen-bond donors (Lipinski definition) is 0. The topological polar surface area (TPSA) is 68.6 Å². The van der Waals surface area contributed by atoms with E-state index in [1.165, 1.54) is 12.1 Å². The van der Waals surface area contributed by atoms with Gasteiger partial charge in [0.2, 0.25) is 0 Å². The smallest absolute Gasteiger partial charge is 0.456 e. The zero-order valence-corrected chi connectivity index (χ0v) is 19.0. The van der Waals surface area contributed by atoms with E-state index in [1.807, 2.05) is 33.8 Å². The Morgan fingerprint density at radius 3 is 2.19 bits per heavy atom. The maximum Gasteiger partial charge on any atom is 0.495 e. The van der Waals surface area contributed by atoms with Crippen LogP contribution in [0.25, 0.3) is 11.1 Å². The van der Waals surface area contributed by atoms with Gasteiger partial charge in [-0.25, -0.2) is 9.18 Å². The van der Waals surface area contributed by atoms with Gasteiger partial charge in [-0.05, 0) is 89.3 Å². The third-order valence-corrected chi connectivity index (χ3v) is 5.60. The molecule has 0 aliphatic carbocycles. The van der Waals surface area contributed by atoms with Crippen molar-refractivity contribution in [2.45, 2.75) is 65.3 Å². The van der Waals surface area contributed by atoms with Crippen molar-refractivity contribution in [3.8, 4) is 17.2 Å². The predicted octanol–water partition coefficient (Wildman–Crippen LogP) is 4.62. The van der Waals surface area contributed by atoms with Crippen LogP contribution >= 0.6 is 0 Å². The van der Waals surface area contributed by atoms with Crippen LogP contribution in [0, 0.1) is 17.1 Å². The molecule has 1 aliphatic heterocycles. The number of nitriles is 1. The van der Waals surface area contributed by atoms with Crippen LogP contribution in [0.1, 0.15) is 64.4 Å². The van der Waals surface area contributed by atoms with Crippen LogP contribution in [0.2, 0.25) is 0 Å². The number of rotatable bonds is 3. The second-order valence-electron chi connectivity index (χ2n) is 9.70. The maximum absolute atomic E-state index is 14.4. The van der Waals surface area contributed by atoms with Crippen molar-refractivity contribution in [1.29, 1.82) is 5.26 Å². The molecule has 0 aromatic heterocycles. The number of ether oxygens (including phenoxy) is 1. The molecule has 2 aromatic carbocycles. The highest BCUT2D eigenvalue weighted by atomic mass is 19.1. The summed E-state index contributed by atoms with van der Waals surface area (Å²) in [6.07, 6.45) is 0. The van der Waals surface area contributed by atoms with Gasteiger partial charge in [-0.15, -0.1) is 0 Å². The molecular weight excluding hydrogens is 396 g/mol. The summed E-state index contributed by atoms with van der Waals surface area (Å²) in [5.41, 5.74) is 0.247. The Kier molecular flexibility index (Phi) is 5.77. The lowest BCUT2D eigenvalue weighted by molar-refractivity contribution is 0.00578. The van der Waals surface area contributed by atoms with E-state index in [-0.39, 0.29) is 5.56 Å². The van der Waals surface area contributed by atoms with E-state index in [1.54, 1.807) is 45.0 Å². The van der Waals surface area contributed by atoms with Crippen LogP contribution in [0.4, 0.5) is 4.39 Å². The number of nitrogens with zero attached hydrogens (tertiary/aromatic N) is 1. The molecule has 0 bridgehead atoms. The molecule has 0 spiro atoms. The minimum absolute atomic E-state index is 0.0516. The zero-order chi connectivity index (χ0) is 23.2. The molecule has 1 saturated heterocycles. The lowest BCUT2D eigenvalue weighted by atomic mass is 9.74. The Labute approximate surface area is 183 Å². The second-order valence-corrected chi connectivity index (χ2v) is 9.70. The van der Waals surface area contributed by atoms with Crippen LogP contribution in [0.5, 0.6) is 0 Å². The second kappa shape index (κ2) is 7.78. The number of hydrogen-bond acceptors (Lipinski definition) is 5. The molecule has 0 atom stereocenters. The Hall–Kier alpha value is -2.69. The average molecular weight is 423 g/mol. The molecule has 1 fully saturated rings. The van der Waals surface area contributed by atoms with Gasteiger partial charge in [0.15, 0.2) is 0 Å². The number of esters is 1. The third-order valence-electron chi connectivity index (χ3n) is 5.60. The Balaban J connectivity index is 2.12. The van der Waals surface area contributed by atoms with Crippen molar-refractivity contribution in [3.05, 3.63) is 53.3 Å². The van der Waals surface area contributed by atoms with Crippen molar-refractivity contribution < 1.29 is 23.2 Å². The fourth-order valence-electron chi connectivity index (χ4n) is 3.22. The van der Waals surface area contributed by atoms with E-state index in [0.29, 0.717) is 22.2 Å². The van der Waals surface area contributed by atoms with E-state index in [2.05, 4.69) is 0 Å². The first-order chi connectivity index (χ1) is 14.2. The Morgan fingerprint density at radius 2 is 1.68 bits per heavy atom. The van der Waals surface area contributed by atoms with E-state index in [4.69, 9.17) is 19.3 Å². The quantitative estimate of drug-likeness (QED) is 0.533. The molecule has 1 aliphatic rings. The molecule has 31 heavy (non-hydrogen) atoms.